The third kappa shape index (κ3) is 2.89. The van der Waals surface area contributed by atoms with Gasteiger partial charge in [0, 0.05) is 42.4 Å². The lowest BCUT2D eigenvalue weighted by Gasteiger charge is -2.13. The second-order valence-electron chi connectivity index (χ2n) is 7.87. The van der Waals surface area contributed by atoms with Crippen LogP contribution in [0.15, 0.2) is 41.2 Å². The van der Waals surface area contributed by atoms with Gasteiger partial charge in [-0.2, -0.15) is 0 Å². The van der Waals surface area contributed by atoms with E-state index in [-0.39, 0.29) is 17.6 Å². The Bertz CT molecular complexity index is 1350. The van der Waals surface area contributed by atoms with E-state index in [4.69, 9.17) is 4.74 Å². The number of fused-ring (bicyclic) bond motifs is 2. The number of hydrogen-bond donors (Lipinski definition) is 1. The Morgan fingerprint density at radius 2 is 1.67 bits per heavy atom. The molecule has 0 saturated carbocycles. The third-order valence-electron chi connectivity index (χ3n) is 5.73. The van der Waals surface area contributed by atoms with Crippen LogP contribution in [-0.4, -0.2) is 26.7 Å². The molecule has 7 heteroatoms. The van der Waals surface area contributed by atoms with Crippen LogP contribution in [0.2, 0.25) is 0 Å². The van der Waals surface area contributed by atoms with Crippen LogP contribution < -0.4 is 15.7 Å². The number of carbonyl (C=O) groups is 1. The summed E-state index contributed by atoms with van der Waals surface area (Å²) in [6.07, 6.45) is 0. The van der Waals surface area contributed by atoms with E-state index in [1.165, 1.54) is 0 Å². The van der Waals surface area contributed by atoms with Gasteiger partial charge < -0.3 is 14.6 Å². The van der Waals surface area contributed by atoms with Crippen molar-refractivity contribution in [2.24, 2.45) is 14.1 Å². The summed E-state index contributed by atoms with van der Waals surface area (Å²) in [5.41, 5.74) is 4.65. The summed E-state index contributed by atoms with van der Waals surface area (Å²) in [6, 6.07) is 11.5. The van der Waals surface area contributed by atoms with Crippen molar-refractivity contribution < 1.29 is 9.53 Å². The Morgan fingerprint density at radius 3 is 2.33 bits per heavy atom. The molecule has 0 aliphatic rings. The highest BCUT2D eigenvalue weighted by atomic mass is 16.5. The van der Waals surface area contributed by atoms with Gasteiger partial charge in [-0.3, -0.25) is 13.9 Å². The standard InChI is InChI=1S/C23H26N4O3/c1-13(2)27-14(3)21(17-12-16(30-6)8-10-18(17)27)22(28)24-15-7-9-19-20(11-15)26(5)23(29)25(19)4/h7-13H,1-6H3,(H,24,28). The number of carbonyl (C=O) groups excluding carboxylic acids is 1. The first-order valence-electron chi connectivity index (χ1n) is 9.90. The zero-order chi connectivity index (χ0) is 21.7. The summed E-state index contributed by atoms with van der Waals surface area (Å²) in [5, 5.41) is 3.86. The monoisotopic (exact) mass is 406 g/mol. The highest BCUT2D eigenvalue weighted by Gasteiger charge is 2.22. The van der Waals surface area contributed by atoms with Crippen molar-refractivity contribution in [3.05, 3.63) is 58.1 Å². The number of aryl methyl sites for hydroxylation is 2. The minimum atomic E-state index is -0.189. The Labute approximate surface area is 174 Å². The van der Waals surface area contributed by atoms with Crippen molar-refractivity contribution in [3.8, 4) is 5.75 Å². The zero-order valence-corrected chi connectivity index (χ0v) is 18.1. The lowest BCUT2D eigenvalue weighted by Crippen LogP contribution is -2.19. The van der Waals surface area contributed by atoms with E-state index >= 15 is 0 Å². The van der Waals surface area contributed by atoms with Crippen LogP contribution in [0.5, 0.6) is 5.75 Å². The molecule has 0 atom stereocenters. The average molecular weight is 406 g/mol. The van der Waals surface area contributed by atoms with Crippen molar-refractivity contribution in [3.63, 3.8) is 0 Å². The molecule has 0 radical (unpaired) electrons. The number of benzene rings is 2. The molecular formula is C23H26N4O3. The van der Waals surface area contributed by atoms with E-state index in [1.54, 1.807) is 30.3 Å². The molecular weight excluding hydrogens is 380 g/mol. The molecule has 0 bridgehead atoms. The maximum atomic E-state index is 13.3. The number of methoxy groups -OCH3 is 1. The van der Waals surface area contributed by atoms with Crippen molar-refractivity contribution in [1.29, 1.82) is 0 Å². The van der Waals surface area contributed by atoms with Crippen LogP contribution in [0, 0.1) is 6.92 Å². The van der Waals surface area contributed by atoms with Crippen LogP contribution in [0.4, 0.5) is 5.69 Å². The fraction of sp³-hybridized carbons (Fsp3) is 0.304. The Kier molecular flexibility index (Phi) is 4.68. The molecule has 0 aliphatic carbocycles. The van der Waals surface area contributed by atoms with Crippen molar-refractivity contribution in [2.45, 2.75) is 26.8 Å². The Balaban J connectivity index is 1.82. The molecule has 4 rings (SSSR count). The quantitative estimate of drug-likeness (QED) is 0.557. The normalized spacial score (nSPS) is 11.6. The van der Waals surface area contributed by atoms with Crippen LogP contribution in [0.1, 0.15) is 35.9 Å². The molecule has 0 spiro atoms. The van der Waals surface area contributed by atoms with Crippen LogP contribution in [-0.2, 0) is 14.1 Å². The molecule has 1 N–H and O–H groups in total. The predicted molar refractivity (Wildman–Crippen MR) is 120 cm³/mol. The van der Waals surface area contributed by atoms with Gasteiger partial charge in [0.2, 0.25) is 0 Å². The van der Waals surface area contributed by atoms with Gasteiger partial charge in [0.05, 0.1) is 23.7 Å². The van der Waals surface area contributed by atoms with Gasteiger partial charge >= 0.3 is 5.69 Å². The zero-order valence-electron chi connectivity index (χ0n) is 18.1. The van der Waals surface area contributed by atoms with Crippen LogP contribution in [0.25, 0.3) is 21.9 Å². The van der Waals surface area contributed by atoms with E-state index in [0.717, 1.165) is 27.6 Å². The number of amides is 1. The fourth-order valence-corrected chi connectivity index (χ4v) is 4.28. The lowest BCUT2D eigenvalue weighted by molar-refractivity contribution is 0.102. The van der Waals surface area contributed by atoms with E-state index in [1.807, 2.05) is 43.3 Å². The molecule has 0 aliphatic heterocycles. The minimum absolute atomic E-state index is 0.101. The molecule has 7 nitrogen and oxygen atoms in total. The third-order valence-corrected chi connectivity index (χ3v) is 5.73. The van der Waals surface area contributed by atoms with Crippen molar-refractivity contribution in [1.82, 2.24) is 13.7 Å². The lowest BCUT2D eigenvalue weighted by atomic mass is 10.1. The van der Waals surface area contributed by atoms with Crippen LogP contribution >= 0.6 is 0 Å². The van der Waals surface area contributed by atoms with Gasteiger partial charge in [-0.1, -0.05) is 0 Å². The van der Waals surface area contributed by atoms with Crippen molar-refractivity contribution in [2.75, 3.05) is 12.4 Å². The molecule has 0 unspecified atom stereocenters. The topological polar surface area (TPSA) is 70.2 Å². The molecule has 2 aromatic heterocycles. The molecule has 156 valence electrons. The van der Waals surface area contributed by atoms with Gasteiger partial charge in [0.1, 0.15) is 5.75 Å². The first kappa shape index (κ1) is 19.8. The largest absolute Gasteiger partial charge is 0.497 e. The maximum Gasteiger partial charge on any atom is 0.328 e. The summed E-state index contributed by atoms with van der Waals surface area (Å²) in [6.45, 7) is 6.16. The molecule has 0 fully saturated rings. The summed E-state index contributed by atoms with van der Waals surface area (Å²) in [4.78, 5) is 25.5. The Hall–Kier alpha value is -3.48. The van der Waals surface area contributed by atoms with E-state index in [2.05, 4.69) is 23.7 Å². The number of anilines is 1. The highest BCUT2D eigenvalue weighted by molar-refractivity contribution is 6.14. The Morgan fingerprint density at radius 1 is 1.00 bits per heavy atom. The molecule has 2 aromatic carbocycles. The number of ether oxygens (including phenoxy) is 1. The molecule has 0 saturated heterocycles. The van der Waals surface area contributed by atoms with E-state index < -0.39 is 0 Å². The number of aromatic nitrogens is 3. The van der Waals surface area contributed by atoms with Crippen LogP contribution in [0.3, 0.4) is 0 Å². The first-order chi connectivity index (χ1) is 14.2. The second kappa shape index (κ2) is 7.09. The van der Waals surface area contributed by atoms with Gasteiger partial charge in [0.25, 0.3) is 5.91 Å². The second-order valence-corrected chi connectivity index (χ2v) is 7.87. The van der Waals surface area contributed by atoms with Crippen molar-refractivity contribution >= 4 is 33.5 Å². The van der Waals surface area contributed by atoms with Gasteiger partial charge in [-0.25, -0.2) is 4.79 Å². The minimum Gasteiger partial charge on any atom is -0.497 e. The molecule has 1 amide bonds. The molecule has 2 heterocycles. The van der Waals surface area contributed by atoms with E-state index in [0.29, 0.717) is 17.0 Å². The molecule has 30 heavy (non-hydrogen) atoms. The first-order valence-corrected chi connectivity index (χ1v) is 9.90. The predicted octanol–water partition coefficient (Wildman–Crippen LogP) is 3.98. The summed E-state index contributed by atoms with van der Waals surface area (Å²) in [5.74, 6) is 0.517. The SMILES string of the molecule is COc1ccc2c(c1)c(C(=O)Nc1ccc3c(c1)n(C)c(=O)n3C)c(C)n2C(C)C. The summed E-state index contributed by atoms with van der Waals surface area (Å²) < 4.78 is 10.7. The maximum absolute atomic E-state index is 13.3. The number of rotatable bonds is 4. The smallest absolute Gasteiger partial charge is 0.328 e. The number of nitrogens with zero attached hydrogens (tertiary/aromatic N) is 3. The highest BCUT2D eigenvalue weighted by Crippen LogP contribution is 2.32. The molecule has 4 aromatic rings. The number of nitrogens with one attached hydrogen (secondary N) is 1. The number of hydrogen-bond acceptors (Lipinski definition) is 3. The van der Waals surface area contributed by atoms with Gasteiger partial charge in [-0.05, 0) is 57.2 Å². The summed E-state index contributed by atoms with van der Waals surface area (Å²) in [7, 11) is 5.08. The number of imidazole rings is 1. The van der Waals surface area contributed by atoms with E-state index in [9.17, 15) is 9.59 Å². The summed E-state index contributed by atoms with van der Waals surface area (Å²) >= 11 is 0. The van der Waals surface area contributed by atoms with Gasteiger partial charge in [-0.15, -0.1) is 0 Å². The average Bonchev–Trinajstić information content (AvgIpc) is 3.13. The fourth-order valence-electron chi connectivity index (χ4n) is 4.28. The van der Waals surface area contributed by atoms with Gasteiger partial charge in [0.15, 0.2) is 0 Å².